The Morgan fingerprint density at radius 1 is 1.50 bits per heavy atom. The maximum Gasteiger partial charge on any atom is 0.166 e. The smallest absolute Gasteiger partial charge is 0.166 e. The van der Waals surface area contributed by atoms with Crippen LogP contribution < -0.4 is 5.32 Å². The Bertz CT molecular complexity index is 86.4. The molecular weight excluding hydrogens is 104 g/mol. The summed E-state index contributed by atoms with van der Waals surface area (Å²) in [6.45, 7) is 4.30. The molecule has 0 amide bonds. The number of nitrogens with zero attached hydrogens (tertiary/aromatic N) is 1. The van der Waals surface area contributed by atoms with Gasteiger partial charge in [-0.1, -0.05) is 0 Å². The molecule has 2 aliphatic heterocycles. The van der Waals surface area contributed by atoms with E-state index in [2.05, 4.69) is 10.2 Å². The van der Waals surface area contributed by atoms with Crippen LogP contribution in [0.5, 0.6) is 0 Å². The summed E-state index contributed by atoms with van der Waals surface area (Å²) >= 11 is 0. The summed E-state index contributed by atoms with van der Waals surface area (Å²) in [4.78, 5) is 2.26. The topological polar surface area (TPSA) is 24.3 Å². The molecule has 1 unspecified atom stereocenters. The van der Waals surface area contributed by atoms with Crippen LogP contribution in [0.2, 0.25) is 0 Å². The van der Waals surface area contributed by atoms with Crippen molar-refractivity contribution in [1.82, 2.24) is 10.2 Å². The molecule has 0 spiro atoms. The van der Waals surface area contributed by atoms with E-state index in [1.807, 2.05) is 0 Å². The lowest BCUT2D eigenvalue weighted by Gasteiger charge is -2.08. The second kappa shape index (κ2) is 1.69. The third-order valence-electron chi connectivity index (χ3n) is 1.51. The Morgan fingerprint density at radius 3 is 2.88 bits per heavy atom. The van der Waals surface area contributed by atoms with E-state index in [1.54, 1.807) is 0 Å². The summed E-state index contributed by atoms with van der Waals surface area (Å²) in [7, 11) is 0. The maximum absolute atomic E-state index is 5.29. The van der Waals surface area contributed by atoms with E-state index in [4.69, 9.17) is 4.74 Å². The molecule has 0 bridgehead atoms. The minimum absolute atomic E-state index is 0.259. The number of nitrogens with one attached hydrogen (secondary N) is 1. The maximum atomic E-state index is 5.29. The van der Waals surface area contributed by atoms with Crippen LogP contribution in [0.1, 0.15) is 0 Å². The molecule has 46 valence electrons. The van der Waals surface area contributed by atoms with Gasteiger partial charge in [-0.3, -0.25) is 10.2 Å². The van der Waals surface area contributed by atoms with E-state index in [9.17, 15) is 0 Å². The largest absolute Gasteiger partial charge is 0.348 e. The molecule has 0 saturated carbocycles. The van der Waals surface area contributed by atoms with Crippen molar-refractivity contribution >= 4 is 0 Å². The van der Waals surface area contributed by atoms with Gasteiger partial charge in [0.25, 0.3) is 0 Å². The minimum atomic E-state index is 0.259. The summed E-state index contributed by atoms with van der Waals surface area (Å²) in [6, 6.07) is 0. The molecule has 0 aromatic carbocycles. The number of hydrogen-bond acceptors (Lipinski definition) is 3. The molecule has 2 aliphatic rings. The van der Waals surface area contributed by atoms with E-state index in [1.165, 1.54) is 13.1 Å². The number of hydrogen-bond donors (Lipinski definition) is 1. The highest BCUT2D eigenvalue weighted by atomic mass is 16.5. The Hall–Kier alpha value is -0.120. The summed E-state index contributed by atoms with van der Waals surface area (Å²) in [5.74, 6) is 0. The summed E-state index contributed by atoms with van der Waals surface area (Å²) in [6.07, 6.45) is 0.259. The Morgan fingerprint density at radius 2 is 2.38 bits per heavy atom. The van der Waals surface area contributed by atoms with Crippen molar-refractivity contribution in [2.45, 2.75) is 6.35 Å². The second-order valence-corrected chi connectivity index (χ2v) is 2.21. The second-order valence-electron chi connectivity index (χ2n) is 2.21. The molecule has 2 saturated heterocycles. The van der Waals surface area contributed by atoms with Gasteiger partial charge in [0.05, 0.1) is 6.61 Å². The van der Waals surface area contributed by atoms with Crippen LogP contribution in [0.15, 0.2) is 0 Å². The lowest BCUT2D eigenvalue weighted by atomic mass is 10.7. The summed E-state index contributed by atoms with van der Waals surface area (Å²) < 4.78 is 5.29. The zero-order valence-electron chi connectivity index (χ0n) is 4.76. The van der Waals surface area contributed by atoms with Crippen LogP contribution in [0.3, 0.4) is 0 Å². The van der Waals surface area contributed by atoms with Crippen molar-refractivity contribution < 1.29 is 4.74 Å². The lowest BCUT2D eigenvalue weighted by molar-refractivity contribution is 0.0289. The first kappa shape index (κ1) is 4.73. The highest BCUT2D eigenvalue weighted by molar-refractivity contribution is 4.77. The number of ether oxygens (including phenoxy) is 1. The molecule has 2 fully saturated rings. The van der Waals surface area contributed by atoms with Crippen molar-refractivity contribution in [2.75, 3.05) is 26.2 Å². The average Bonchev–Trinajstić information content (AvgIpc) is 2.49. The fourth-order valence-corrected chi connectivity index (χ4v) is 0.939. The van der Waals surface area contributed by atoms with E-state index < -0.39 is 0 Å². The quantitative estimate of drug-likeness (QED) is 0.452. The molecule has 1 atom stereocenters. The van der Waals surface area contributed by atoms with Crippen molar-refractivity contribution in [2.24, 2.45) is 0 Å². The first-order chi connectivity index (χ1) is 3.97. The standard InChI is InChI=1S/C5H10N2O/c1-4-8-5(6-1)7-2-3-7/h5-6H,1-4H2. The summed E-state index contributed by atoms with van der Waals surface area (Å²) in [5.41, 5.74) is 0. The molecule has 2 rings (SSSR count). The lowest BCUT2D eigenvalue weighted by Crippen LogP contribution is -2.30. The molecule has 3 nitrogen and oxygen atoms in total. The van der Waals surface area contributed by atoms with Crippen LogP contribution in [0.25, 0.3) is 0 Å². The van der Waals surface area contributed by atoms with Gasteiger partial charge in [0.15, 0.2) is 6.35 Å². The SMILES string of the molecule is C1COC(N2CC2)N1. The predicted octanol–water partition coefficient (Wildman–Crippen LogP) is -0.795. The Kier molecular flexibility index (Phi) is 0.997. The highest BCUT2D eigenvalue weighted by Crippen LogP contribution is 2.11. The van der Waals surface area contributed by atoms with E-state index in [-0.39, 0.29) is 6.35 Å². The molecule has 3 heteroatoms. The molecule has 0 radical (unpaired) electrons. The minimum Gasteiger partial charge on any atom is -0.348 e. The third-order valence-corrected chi connectivity index (χ3v) is 1.51. The van der Waals surface area contributed by atoms with Gasteiger partial charge in [0, 0.05) is 19.6 Å². The van der Waals surface area contributed by atoms with Gasteiger partial charge in [0.2, 0.25) is 0 Å². The fraction of sp³-hybridized carbons (Fsp3) is 1.00. The van der Waals surface area contributed by atoms with Gasteiger partial charge in [-0.25, -0.2) is 0 Å². The first-order valence-corrected chi connectivity index (χ1v) is 3.06. The van der Waals surface area contributed by atoms with Crippen LogP contribution in [-0.2, 0) is 4.74 Å². The van der Waals surface area contributed by atoms with E-state index in [0.717, 1.165) is 13.2 Å². The van der Waals surface area contributed by atoms with Gasteiger partial charge in [0.1, 0.15) is 0 Å². The Balaban J connectivity index is 1.86. The molecule has 2 heterocycles. The van der Waals surface area contributed by atoms with Crippen molar-refractivity contribution in [3.05, 3.63) is 0 Å². The van der Waals surface area contributed by atoms with Gasteiger partial charge in [-0.15, -0.1) is 0 Å². The molecule has 0 aromatic rings. The van der Waals surface area contributed by atoms with Crippen LogP contribution >= 0.6 is 0 Å². The number of rotatable bonds is 1. The Labute approximate surface area is 48.6 Å². The van der Waals surface area contributed by atoms with Gasteiger partial charge in [-0.2, -0.15) is 0 Å². The van der Waals surface area contributed by atoms with Crippen LogP contribution in [0.4, 0.5) is 0 Å². The van der Waals surface area contributed by atoms with Crippen LogP contribution in [0, 0.1) is 0 Å². The van der Waals surface area contributed by atoms with Gasteiger partial charge in [-0.05, 0) is 0 Å². The molecular formula is C5H10N2O. The zero-order chi connectivity index (χ0) is 5.40. The predicted molar refractivity (Wildman–Crippen MR) is 29.3 cm³/mol. The fourth-order valence-electron chi connectivity index (χ4n) is 0.939. The van der Waals surface area contributed by atoms with Gasteiger partial charge >= 0.3 is 0 Å². The normalized spacial score (nSPS) is 38.2. The monoisotopic (exact) mass is 114 g/mol. The van der Waals surface area contributed by atoms with E-state index in [0.29, 0.717) is 0 Å². The van der Waals surface area contributed by atoms with Gasteiger partial charge < -0.3 is 4.74 Å². The molecule has 0 aromatic heterocycles. The molecule has 1 N–H and O–H groups in total. The van der Waals surface area contributed by atoms with E-state index >= 15 is 0 Å². The highest BCUT2D eigenvalue weighted by Gasteiger charge is 2.29. The first-order valence-electron chi connectivity index (χ1n) is 3.06. The van der Waals surface area contributed by atoms with Crippen molar-refractivity contribution in [1.29, 1.82) is 0 Å². The van der Waals surface area contributed by atoms with Crippen molar-refractivity contribution in [3.8, 4) is 0 Å². The van der Waals surface area contributed by atoms with Crippen LogP contribution in [-0.4, -0.2) is 37.5 Å². The van der Waals surface area contributed by atoms with Crippen molar-refractivity contribution in [3.63, 3.8) is 0 Å². The summed E-state index contributed by atoms with van der Waals surface area (Å²) in [5, 5.41) is 3.22. The third kappa shape index (κ3) is 0.727. The molecule has 0 aliphatic carbocycles. The average molecular weight is 114 g/mol. The zero-order valence-corrected chi connectivity index (χ0v) is 4.76. The molecule has 8 heavy (non-hydrogen) atoms.